The Kier molecular flexibility index (Phi) is 4.17. The molecule has 1 heterocycles. The number of nitrogens with zero attached hydrogens (tertiary/aromatic N) is 1. The molecule has 0 bridgehead atoms. The van der Waals surface area contributed by atoms with Crippen molar-refractivity contribution in [2.24, 2.45) is 0 Å². The van der Waals surface area contributed by atoms with Crippen molar-refractivity contribution in [3.63, 3.8) is 0 Å². The van der Waals surface area contributed by atoms with Crippen LogP contribution in [0.4, 0.5) is 15.9 Å². The van der Waals surface area contributed by atoms with Crippen molar-refractivity contribution in [3.05, 3.63) is 49.7 Å². The molecular formula is C11H6Br3FN2. The van der Waals surface area contributed by atoms with Gasteiger partial charge in [-0.05, 0) is 72.1 Å². The van der Waals surface area contributed by atoms with Crippen LogP contribution in [0.3, 0.4) is 0 Å². The Labute approximate surface area is 123 Å². The largest absolute Gasteiger partial charge is 0.339 e. The Hall–Kier alpha value is -0.460. The highest BCUT2D eigenvalue weighted by atomic mass is 79.9. The van der Waals surface area contributed by atoms with Gasteiger partial charge in [-0.1, -0.05) is 0 Å². The van der Waals surface area contributed by atoms with Crippen LogP contribution >= 0.6 is 47.8 Å². The molecular weight excluding hydrogens is 419 g/mol. The number of hydrogen-bond donors (Lipinski definition) is 1. The van der Waals surface area contributed by atoms with Crippen LogP contribution < -0.4 is 5.32 Å². The van der Waals surface area contributed by atoms with E-state index in [4.69, 9.17) is 0 Å². The highest BCUT2D eigenvalue weighted by molar-refractivity contribution is 9.11. The zero-order chi connectivity index (χ0) is 12.4. The van der Waals surface area contributed by atoms with Gasteiger partial charge in [0.1, 0.15) is 11.6 Å². The summed E-state index contributed by atoms with van der Waals surface area (Å²) < 4.78 is 15.4. The molecule has 2 nitrogen and oxygen atoms in total. The summed E-state index contributed by atoms with van der Waals surface area (Å²) in [5.41, 5.74) is 0.640. The zero-order valence-electron chi connectivity index (χ0n) is 8.35. The average Bonchev–Trinajstić information content (AvgIpc) is 2.27. The summed E-state index contributed by atoms with van der Waals surface area (Å²) >= 11 is 9.80. The first kappa shape index (κ1) is 13.0. The molecule has 0 aliphatic carbocycles. The Morgan fingerprint density at radius 1 is 1.06 bits per heavy atom. The summed E-state index contributed by atoms with van der Waals surface area (Å²) in [5.74, 6) is 0.318. The first-order chi connectivity index (χ1) is 8.06. The molecule has 0 unspecified atom stereocenters. The Bertz CT molecular complexity index is 560. The molecule has 2 aromatic rings. The van der Waals surface area contributed by atoms with Gasteiger partial charge in [-0.25, -0.2) is 9.37 Å². The van der Waals surface area contributed by atoms with Crippen LogP contribution in [0, 0.1) is 5.82 Å². The lowest BCUT2D eigenvalue weighted by molar-refractivity contribution is 0.622. The van der Waals surface area contributed by atoms with Crippen molar-refractivity contribution in [1.29, 1.82) is 0 Å². The highest BCUT2D eigenvalue weighted by Gasteiger charge is 2.05. The molecule has 17 heavy (non-hydrogen) atoms. The predicted octanol–water partition coefficient (Wildman–Crippen LogP) is 5.25. The van der Waals surface area contributed by atoms with Gasteiger partial charge in [0, 0.05) is 16.4 Å². The van der Waals surface area contributed by atoms with Gasteiger partial charge < -0.3 is 5.32 Å². The summed E-state index contributed by atoms with van der Waals surface area (Å²) in [7, 11) is 0. The van der Waals surface area contributed by atoms with E-state index in [1.807, 2.05) is 6.07 Å². The minimum absolute atomic E-state index is 0.316. The molecule has 0 aliphatic heterocycles. The van der Waals surface area contributed by atoms with Gasteiger partial charge in [-0.15, -0.1) is 0 Å². The fourth-order valence-electron chi connectivity index (χ4n) is 1.22. The summed E-state index contributed by atoms with van der Waals surface area (Å²) in [5, 5.41) is 3.03. The molecule has 0 atom stereocenters. The molecule has 1 N–H and O–H groups in total. The number of benzene rings is 1. The van der Waals surface area contributed by atoms with Crippen molar-refractivity contribution in [2.75, 3.05) is 5.32 Å². The maximum atomic E-state index is 13.3. The van der Waals surface area contributed by atoms with E-state index in [1.54, 1.807) is 18.3 Å². The minimum Gasteiger partial charge on any atom is -0.339 e. The second-order valence-corrected chi connectivity index (χ2v) is 5.86. The molecule has 1 aromatic carbocycles. The van der Waals surface area contributed by atoms with E-state index in [0.717, 1.165) is 8.95 Å². The van der Waals surface area contributed by atoms with E-state index >= 15 is 0 Å². The first-order valence-corrected chi connectivity index (χ1v) is 6.97. The molecule has 0 saturated carbocycles. The number of halogens is 4. The van der Waals surface area contributed by atoms with Crippen molar-refractivity contribution in [1.82, 2.24) is 4.98 Å². The van der Waals surface area contributed by atoms with Gasteiger partial charge in [0.15, 0.2) is 0 Å². The molecule has 0 radical (unpaired) electrons. The first-order valence-electron chi connectivity index (χ1n) is 4.59. The molecule has 0 spiro atoms. The monoisotopic (exact) mass is 422 g/mol. The third-order valence-electron chi connectivity index (χ3n) is 1.99. The summed E-state index contributed by atoms with van der Waals surface area (Å²) in [4.78, 5) is 4.19. The van der Waals surface area contributed by atoms with Crippen molar-refractivity contribution in [3.8, 4) is 0 Å². The quantitative estimate of drug-likeness (QED) is 0.712. The van der Waals surface area contributed by atoms with E-state index in [-0.39, 0.29) is 5.82 Å². The maximum absolute atomic E-state index is 13.3. The van der Waals surface area contributed by atoms with Gasteiger partial charge >= 0.3 is 0 Å². The number of hydrogen-bond acceptors (Lipinski definition) is 2. The van der Waals surface area contributed by atoms with Crippen LogP contribution in [-0.4, -0.2) is 4.98 Å². The van der Waals surface area contributed by atoms with E-state index in [2.05, 4.69) is 58.1 Å². The molecule has 6 heteroatoms. The molecule has 0 saturated heterocycles. The lowest BCUT2D eigenvalue weighted by Gasteiger charge is -2.08. The van der Waals surface area contributed by atoms with E-state index in [0.29, 0.717) is 16.0 Å². The van der Waals surface area contributed by atoms with Gasteiger partial charge in [-0.3, -0.25) is 0 Å². The summed E-state index contributed by atoms with van der Waals surface area (Å²) in [6, 6.07) is 6.68. The van der Waals surface area contributed by atoms with Gasteiger partial charge in [0.25, 0.3) is 0 Å². The second kappa shape index (κ2) is 5.46. The Balaban J connectivity index is 2.28. The van der Waals surface area contributed by atoms with Crippen molar-refractivity contribution >= 4 is 59.3 Å². The topological polar surface area (TPSA) is 24.9 Å². The summed E-state index contributed by atoms with van der Waals surface area (Å²) in [6.07, 6.45) is 1.67. The molecule has 0 amide bonds. The summed E-state index contributed by atoms with van der Waals surface area (Å²) in [6.45, 7) is 0. The van der Waals surface area contributed by atoms with Crippen LogP contribution in [0.5, 0.6) is 0 Å². The fourth-order valence-corrected chi connectivity index (χ4v) is 2.55. The number of rotatable bonds is 2. The van der Waals surface area contributed by atoms with Crippen LogP contribution in [0.15, 0.2) is 43.9 Å². The molecule has 2 rings (SSSR count). The predicted molar refractivity (Wildman–Crippen MR) is 77.0 cm³/mol. The molecule has 1 aromatic heterocycles. The molecule has 88 valence electrons. The van der Waals surface area contributed by atoms with E-state index in [9.17, 15) is 4.39 Å². The number of nitrogens with one attached hydrogen (secondary N) is 1. The third-order valence-corrected chi connectivity index (χ3v) is 3.67. The number of pyridine rings is 1. The SMILES string of the molecule is Fc1cc(Nc2ncc(Br)cc2Br)ccc1Br. The Morgan fingerprint density at radius 2 is 1.82 bits per heavy atom. The van der Waals surface area contributed by atoms with Crippen LogP contribution in [-0.2, 0) is 0 Å². The number of anilines is 2. The smallest absolute Gasteiger partial charge is 0.144 e. The van der Waals surface area contributed by atoms with E-state index in [1.165, 1.54) is 6.07 Å². The highest BCUT2D eigenvalue weighted by Crippen LogP contribution is 2.27. The van der Waals surface area contributed by atoms with Gasteiger partial charge in [0.2, 0.25) is 0 Å². The third kappa shape index (κ3) is 3.26. The van der Waals surface area contributed by atoms with Gasteiger partial charge in [0.05, 0.1) is 8.95 Å². The van der Waals surface area contributed by atoms with E-state index < -0.39 is 0 Å². The lowest BCUT2D eigenvalue weighted by atomic mass is 10.3. The minimum atomic E-state index is -0.316. The number of aromatic nitrogens is 1. The normalized spacial score (nSPS) is 10.4. The van der Waals surface area contributed by atoms with Gasteiger partial charge in [-0.2, -0.15) is 0 Å². The molecule has 0 aliphatic rings. The standard InChI is InChI=1S/C11H6Br3FN2/c12-6-3-9(14)11(16-5-6)17-7-1-2-8(13)10(15)4-7/h1-5H,(H,16,17). The zero-order valence-corrected chi connectivity index (χ0v) is 13.1. The molecule has 0 fully saturated rings. The van der Waals surface area contributed by atoms with Crippen LogP contribution in [0.2, 0.25) is 0 Å². The van der Waals surface area contributed by atoms with Crippen molar-refractivity contribution < 1.29 is 4.39 Å². The fraction of sp³-hybridized carbons (Fsp3) is 0. The van der Waals surface area contributed by atoms with Crippen molar-refractivity contribution in [2.45, 2.75) is 0 Å². The average molecular weight is 425 g/mol. The van der Waals surface area contributed by atoms with Crippen LogP contribution in [0.1, 0.15) is 0 Å². The van der Waals surface area contributed by atoms with Crippen LogP contribution in [0.25, 0.3) is 0 Å². The maximum Gasteiger partial charge on any atom is 0.144 e. The Morgan fingerprint density at radius 3 is 2.47 bits per heavy atom. The lowest BCUT2D eigenvalue weighted by Crippen LogP contribution is -1.95. The second-order valence-electron chi connectivity index (χ2n) is 3.24.